The Labute approximate surface area is 123 Å². The van der Waals surface area contributed by atoms with Gasteiger partial charge in [0, 0.05) is 25.6 Å². The van der Waals surface area contributed by atoms with Crippen LogP contribution in [-0.2, 0) is 4.79 Å². The third kappa shape index (κ3) is 4.31. The van der Waals surface area contributed by atoms with Crippen molar-refractivity contribution >= 4 is 23.2 Å². The SMILES string of the molecule is CC1CCNCC1NC(=O)CCNC(=O)c1cccs1. The molecule has 0 bridgehead atoms. The Bertz CT molecular complexity index is 447. The minimum atomic E-state index is -0.111. The van der Waals surface area contributed by atoms with E-state index in [-0.39, 0.29) is 17.9 Å². The normalized spacial score (nSPS) is 22.2. The van der Waals surface area contributed by atoms with Crippen molar-refractivity contribution in [2.45, 2.75) is 25.8 Å². The zero-order chi connectivity index (χ0) is 14.4. The summed E-state index contributed by atoms with van der Waals surface area (Å²) in [7, 11) is 0. The molecule has 2 rings (SSSR count). The summed E-state index contributed by atoms with van der Waals surface area (Å²) >= 11 is 1.40. The zero-order valence-corrected chi connectivity index (χ0v) is 12.5. The number of piperidine rings is 1. The molecule has 2 unspecified atom stereocenters. The maximum absolute atomic E-state index is 11.8. The van der Waals surface area contributed by atoms with Crippen LogP contribution in [0, 0.1) is 5.92 Å². The van der Waals surface area contributed by atoms with Crippen molar-refractivity contribution in [3.63, 3.8) is 0 Å². The minimum Gasteiger partial charge on any atom is -0.352 e. The van der Waals surface area contributed by atoms with E-state index in [9.17, 15) is 9.59 Å². The first-order chi connectivity index (χ1) is 9.66. The second kappa shape index (κ2) is 7.40. The Balaban J connectivity index is 1.66. The average Bonchev–Trinajstić information content (AvgIpc) is 2.95. The maximum atomic E-state index is 11.8. The molecule has 1 saturated heterocycles. The topological polar surface area (TPSA) is 70.2 Å². The highest BCUT2D eigenvalue weighted by molar-refractivity contribution is 7.12. The molecule has 0 saturated carbocycles. The van der Waals surface area contributed by atoms with Gasteiger partial charge in [0.1, 0.15) is 0 Å². The summed E-state index contributed by atoms with van der Waals surface area (Å²) in [6.45, 7) is 4.38. The van der Waals surface area contributed by atoms with Gasteiger partial charge in [-0.3, -0.25) is 9.59 Å². The van der Waals surface area contributed by atoms with E-state index >= 15 is 0 Å². The first kappa shape index (κ1) is 15.0. The van der Waals surface area contributed by atoms with Crippen molar-refractivity contribution in [1.82, 2.24) is 16.0 Å². The predicted octanol–water partition coefficient (Wildman–Crippen LogP) is 0.982. The van der Waals surface area contributed by atoms with Gasteiger partial charge in [-0.1, -0.05) is 13.0 Å². The molecule has 1 fully saturated rings. The molecule has 6 heteroatoms. The minimum absolute atomic E-state index is 0.00275. The molecule has 0 aliphatic carbocycles. The van der Waals surface area contributed by atoms with Crippen LogP contribution in [0.15, 0.2) is 17.5 Å². The van der Waals surface area contributed by atoms with E-state index < -0.39 is 0 Å². The molecule has 110 valence electrons. The average molecular weight is 295 g/mol. The fourth-order valence-electron chi connectivity index (χ4n) is 2.25. The highest BCUT2D eigenvalue weighted by atomic mass is 32.1. The second-order valence-corrected chi connectivity index (χ2v) is 6.07. The first-order valence-electron chi connectivity index (χ1n) is 6.98. The number of hydrogen-bond donors (Lipinski definition) is 3. The molecular formula is C14H21N3O2S. The monoisotopic (exact) mass is 295 g/mol. The van der Waals surface area contributed by atoms with E-state index in [1.54, 1.807) is 6.07 Å². The Morgan fingerprint density at radius 1 is 1.50 bits per heavy atom. The third-order valence-electron chi connectivity index (χ3n) is 3.56. The number of rotatable bonds is 5. The number of amides is 2. The molecule has 0 aromatic carbocycles. The van der Waals surface area contributed by atoms with E-state index in [1.165, 1.54) is 11.3 Å². The van der Waals surface area contributed by atoms with Gasteiger partial charge >= 0.3 is 0 Å². The van der Waals surface area contributed by atoms with Gasteiger partial charge in [-0.25, -0.2) is 0 Å². The molecule has 2 amide bonds. The molecule has 0 spiro atoms. The van der Waals surface area contributed by atoms with Gasteiger partial charge < -0.3 is 16.0 Å². The molecule has 1 aromatic heterocycles. The van der Waals surface area contributed by atoms with Crippen LogP contribution in [0.4, 0.5) is 0 Å². The van der Waals surface area contributed by atoms with Gasteiger partial charge in [-0.15, -0.1) is 11.3 Å². The number of hydrogen-bond acceptors (Lipinski definition) is 4. The lowest BCUT2D eigenvalue weighted by molar-refractivity contribution is -0.122. The van der Waals surface area contributed by atoms with Gasteiger partial charge in [0.25, 0.3) is 5.91 Å². The van der Waals surface area contributed by atoms with Crippen molar-refractivity contribution in [2.24, 2.45) is 5.92 Å². The van der Waals surface area contributed by atoms with E-state index in [1.807, 2.05) is 11.4 Å². The summed E-state index contributed by atoms with van der Waals surface area (Å²) in [6, 6.07) is 3.81. The van der Waals surface area contributed by atoms with Crippen molar-refractivity contribution < 1.29 is 9.59 Å². The van der Waals surface area contributed by atoms with Gasteiger partial charge in [-0.2, -0.15) is 0 Å². The largest absolute Gasteiger partial charge is 0.352 e. The van der Waals surface area contributed by atoms with Crippen LogP contribution in [0.25, 0.3) is 0 Å². The predicted molar refractivity (Wildman–Crippen MR) is 79.9 cm³/mol. The van der Waals surface area contributed by atoms with Crippen LogP contribution in [0.5, 0.6) is 0 Å². The van der Waals surface area contributed by atoms with Gasteiger partial charge in [0.2, 0.25) is 5.91 Å². The fourth-order valence-corrected chi connectivity index (χ4v) is 2.89. The summed E-state index contributed by atoms with van der Waals surface area (Å²) in [5.74, 6) is 0.387. The van der Waals surface area contributed by atoms with Crippen LogP contribution in [0.3, 0.4) is 0 Å². The van der Waals surface area contributed by atoms with E-state index in [4.69, 9.17) is 0 Å². The van der Waals surface area contributed by atoms with Crippen LogP contribution >= 0.6 is 11.3 Å². The Kier molecular flexibility index (Phi) is 5.55. The molecule has 5 nitrogen and oxygen atoms in total. The third-order valence-corrected chi connectivity index (χ3v) is 4.43. The lowest BCUT2D eigenvalue weighted by Gasteiger charge is -2.30. The Morgan fingerprint density at radius 2 is 2.35 bits per heavy atom. The van der Waals surface area contributed by atoms with Crippen molar-refractivity contribution in [1.29, 1.82) is 0 Å². The number of thiophene rings is 1. The second-order valence-electron chi connectivity index (χ2n) is 5.13. The number of carbonyl (C=O) groups excluding carboxylic acids is 2. The summed E-state index contributed by atoms with van der Waals surface area (Å²) < 4.78 is 0. The first-order valence-corrected chi connectivity index (χ1v) is 7.86. The zero-order valence-electron chi connectivity index (χ0n) is 11.6. The van der Waals surface area contributed by atoms with Crippen molar-refractivity contribution in [2.75, 3.05) is 19.6 Å². The van der Waals surface area contributed by atoms with E-state index in [0.29, 0.717) is 23.8 Å². The summed E-state index contributed by atoms with van der Waals surface area (Å²) in [5.41, 5.74) is 0. The maximum Gasteiger partial charge on any atom is 0.261 e. The van der Waals surface area contributed by atoms with Gasteiger partial charge in [-0.05, 0) is 30.3 Å². The molecule has 2 atom stereocenters. The number of nitrogens with one attached hydrogen (secondary N) is 3. The summed E-state index contributed by atoms with van der Waals surface area (Å²) in [6.07, 6.45) is 1.40. The lowest BCUT2D eigenvalue weighted by atomic mass is 9.95. The highest BCUT2D eigenvalue weighted by Gasteiger charge is 2.22. The van der Waals surface area contributed by atoms with Gasteiger partial charge in [0.15, 0.2) is 0 Å². The summed E-state index contributed by atoms with van der Waals surface area (Å²) in [4.78, 5) is 24.2. The summed E-state index contributed by atoms with van der Waals surface area (Å²) in [5, 5.41) is 10.9. The van der Waals surface area contributed by atoms with Crippen LogP contribution in [0.2, 0.25) is 0 Å². The van der Waals surface area contributed by atoms with Crippen molar-refractivity contribution in [3.8, 4) is 0 Å². The molecule has 0 radical (unpaired) electrons. The molecule has 3 N–H and O–H groups in total. The quantitative estimate of drug-likeness (QED) is 0.758. The molecule has 20 heavy (non-hydrogen) atoms. The Morgan fingerprint density at radius 3 is 3.05 bits per heavy atom. The Hall–Kier alpha value is -1.40. The molecule has 1 aliphatic rings. The lowest BCUT2D eigenvalue weighted by Crippen LogP contribution is -2.50. The van der Waals surface area contributed by atoms with Gasteiger partial charge in [0.05, 0.1) is 4.88 Å². The smallest absolute Gasteiger partial charge is 0.261 e. The van der Waals surface area contributed by atoms with Crippen LogP contribution < -0.4 is 16.0 Å². The molecular weight excluding hydrogens is 274 g/mol. The molecule has 1 aliphatic heterocycles. The molecule has 1 aromatic rings. The highest BCUT2D eigenvalue weighted by Crippen LogP contribution is 2.11. The van der Waals surface area contributed by atoms with E-state index in [2.05, 4.69) is 22.9 Å². The fraction of sp³-hybridized carbons (Fsp3) is 0.571. The standard InChI is InChI=1S/C14H21N3O2S/c1-10-4-6-15-9-11(10)17-13(18)5-7-16-14(19)12-3-2-8-20-12/h2-3,8,10-11,15H,4-7,9H2,1H3,(H,16,19)(H,17,18). The van der Waals surface area contributed by atoms with Crippen molar-refractivity contribution in [3.05, 3.63) is 22.4 Å². The number of carbonyl (C=O) groups is 2. The van der Waals surface area contributed by atoms with E-state index in [0.717, 1.165) is 19.5 Å². The van der Waals surface area contributed by atoms with Crippen LogP contribution in [-0.4, -0.2) is 37.5 Å². The van der Waals surface area contributed by atoms with Crippen LogP contribution in [0.1, 0.15) is 29.4 Å². The molecule has 2 heterocycles.